The largest absolute Gasteiger partial charge is 0.283 e. The van der Waals surface area contributed by atoms with Gasteiger partial charge >= 0.3 is 0 Å². The van der Waals surface area contributed by atoms with Gasteiger partial charge in [-0.2, -0.15) is 17.6 Å². The summed E-state index contributed by atoms with van der Waals surface area (Å²) < 4.78 is 54.1. The van der Waals surface area contributed by atoms with Gasteiger partial charge in [0.15, 0.2) is 0 Å². The van der Waals surface area contributed by atoms with Crippen molar-refractivity contribution in [2.75, 3.05) is 0 Å². The van der Waals surface area contributed by atoms with E-state index in [-0.39, 0.29) is 20.4 Å². The van der Waals surface area contributed by atoms with Crippen molar-refractivity contribution in [2.45, 2.75) is 28.5 Å². The van der Waals surface area contributed by atoms with Crippen LogP contribution in [0.15, 0.2) is 86.9 Å². The van der Waals surface area contributed by atoms with E-state index in [0.29, 0.717) is 4.88 Å². The van der Waals surface area contributed by atoms with Crippen molar-refractivity contribution in [1.82, 2.24) is 9.19 Å². The molecule has 6 nitrogen and oxygen atoms in total. The lowest BCUT2D eigenvalue weighted by Crippen LogP contribution is -2.16. The highest BCUT2D eigenvalue weighted by molar-refractivity contribution is 7.92. The lowest BCUT2D eigenvalue weighted by atomic mass is 10.2. The highest BCUT2D eigenvalue weighted by Crippen LogP contribution is 2.36. The second kappa shape index (κ2) is 7.50. The number of aromatic nitrogens is 2. The Morgan fingerprint density at radius 3 is 1.90 bits per heavy atom. The lowest BCUT2D eigenvalue weighted by molar-refractivity contribution is 0.581. The van der Waals surface area contributed by atoms with Crippen LogP contribution in [0.2, 0.25) is 0 Å². The van der Waals surface area contributed by atoms with Gasteiger partial charge in [0.05, 0.1) is 20.9 Å². The van der Waals surface area contributed by atoms with Crippen LogP contribution in [0, 0.1) is 13.8 Å². The maximum Gasteiger partial charge on any atom is 0.283 e. The smallest absolute Gasteiger partial charge is 0.218 e. The van der Waals surface area contributed by atoms with Crippen LogP contribution in [-0.2, 0) is 19.9 Å². The van der Waals surface area contributed by atoms with E-state index in [2.05, 4.69) is 5.10 Å². The first-order valence-electron chi connectivity index (χ1n) is 8.97. The molecule has 0 atom stereocenters. The molecule has 2 aromatic carbocycles. The Balaban J connectivity index is 1.96. The number of rotatable bonds is 5. The van der Waals surface area contributed by atoms with Crippen LogP contribution < -0.4 is 0 Å². The molecular formula is C21H18N2O4S3. The molecule has 0 fully saturated rings. The quantitative estimate of drug-likeness (QED) is 0.445. The van der Waals surface area contributed by atoms with Gasteiger partial charge in [0.2, 0.25) is 9.84 Å². The van der Waals surface area contributed by atoms with Crippen LogP contribution in [0.3, 0.4) is 0 Å². The van der Waals surface area contributed by atoms with E-state index in [0.717, 1.165) is 21.4 Å². The molecule has 2 heterocycles. The van der Waals surface area contributed by atoms with Gasteiger partial charge in [0, 0.05) is 0 Å². The molecule has 0 saturated carbocycles. The number of thiophene rings is 1. The Hall–Kier alpha value is -2.75. The van der Waals surface area contributed by atoms with Crippen LogP contribution >= 0.6 is 11.3 Å². The summed E-state index contributed by atoms with van der Waals surface area (Å²) >= 11 is 1.25. The van der Waals surface area contributed by atoms with E-state index in [9.17, 15) is 16.8 Å². The number of hydrogen-bond donors (Lipinski definition) is 0. The predicted octanol–water partition coefficient (Wildman–Crippen LogP) is 4.30. The molecule has 0 amide bonds. The molecule has 2 aromatic heterocycles. The maximum atomic E-state index is 13.3. The summed E-state index contributed by atoms with van der Waals surface area (Å²) in [4.78, 5) is 0.463. The molecule has 9 heteroatoms. The molecule has 0 bridgehead atoms. The van der Waals surface area contributed by atoms with Gasteiger partial charge in [-0.3, -0.25) is 0 Å². The molecular weight excluding hydrogens is 440 g/mol. The van der Waals surface area contributed by atoms with Gasteiger partial charge in [0.1, 0.15) is 10.6 Å². The first-order chi connectivity index (χ1) is 14.2. The van der Waals surface area contributed by atoms with Crippen LogP contribution in [0.1, 0.15) is 11.1 Å². The number of sulfone groups is 1. The standard InChI is InChI=1S/C21H18N2O4S3/c1-15-5-9-17(10-6-15)29(24,25)20-14-22-23(21(20)19-4-3-13-28-19)30(26,27)18-11-7-16(2)8-12-18/h3-14H,1-2H3. The van der Waals surface area contributed by atoms with E-state index >= 15 is 0 Å². The van der Waals surface area contributed by atoms with Gasteiger partial charge in [-0.15, -0.1) is 11.3 Å². The van der Waals surface area contributed by atoms with E-state index < -0.39 is 19.9 Å². The zero-order valence-electron chi connectivity index (χ0n) is 16.2. The molecule has 0 saturated heterocycles. The van der Waals surface area contributed by atoms with Gasteiger partial charge in [-0.05, 0) is 49.6 Å². The highest BCUT2D eigenvalue weighted by Gasteiger charge is 2.31. The molecule has 0 N–H and O–H groups in total. The summed E-state index contributed by atoms with van der Waals surface area (Å²) in [6, 6.07) is 16.2. The van der Waals surface area contributed by atoms with Crippen molar-refractivity contribution in [3.63, 3.8) is 0 Å². The Labute approximate surface area is 179 Å². The summed E-state index contributed by atoms with van der Waals surface area (Å²) in [6.45, 7) is 3.72. The number of nitrogens with zero attached hydrogens (tertiary/aromatic N) is 2. The van der Waals surface area contributed by atoms with Crippen molar-refractivity contribution >= 4 is 31.2 Å². The minimum Gasteiger partial charge on any atom is -0.218 e. The number of hydrogen-bond acceptors (Lipinski definition) is 6. The molecule has 0 aliphatic carbocycles. The fourth-order valence-corrected chi connectivity index (χ4v) is 6.60. The molecule has 4 rings (SSSR count). The molecule has 0 aliphatic rings. The molecule has 4 aromatic rings. The first-order valence-corrected chi connectivity index (χ1v) is 12.8. The summed E-state index contributed by atoms with van der Waals surface area (Å²) in [5, 5.41) is 5.77. The van der Waals surface area contributed by atoms with Crippen molar-refractivity contribution in [2.24, 2.45) is 0 Å². The van der Waals surface area contributed by atoms with E-state index in [1.807, 2.05) is 13.8 Å². The van der Waals surface area contributed by atoms with E-state index in [4.69, 9.17) is 0 Å². The minimum absolute atomic E-state index is 0.0335. The highest BCUT2D eigenvalue weighted by atomic mass is 32.2. The fourth-order valence-electron chi connectivity index (χ4n) is 2.98. The van der Waals surface area contributed by atoms with Gasteiger partial charge in [-0.1, -0.05) is 41.5 Å². The average molecular weight is 459 g/mol. The molecule has 0 unspecified atom stereocenters. The Morgan fingerprint density at radius 1 is 0.800 bits per heavy atom. The van der Waals surface area contributed by atoms with Crippen molar-refractivity contribution in [3.8, 4) is 10.6 Å². The number of aryl methyl sites for hydroxylation is 2. The monoisotopic (exact) mass is 458 g/mol. The Kier molecular flexibility index (Phi) is 5.13. The van der Waals surface area contributed by atoms with E-state index in [1.165, 1.54) is 35.6 Å². The zero-order chi connectivity index (χ0) is 21.5. The average Bonchev–Trinajstić information content (AvgIpc) is 3.38. The van der Waals surface area contributed by atoms with Gasteiger partial charge in [0.25, 0.3) is 10.0 Å². The molecule has 0 aliphatic heterocycles. The fraction of sp³-hybridized carbons (Fsp3) is 0.0952. The maximum absolute atomic E-state index is 13.3. The third-order valence-corrected chi connectivity index (χ3v) is 8.87. The third kappa shape index (κ3) is 3.49. The summed E-state index contributed by atoms with van der Waals surface area (Å²) in [6.07, 6.45) is 1.11. The van der Waals surface area contributed by atoms with Gasteiger partial charge in [-0.25, -0.2) is 8.42 Å². The van der Waals surface area contributed by atoms with Gasteiger partial charge < -0.3 is 0 Å². The second-order valence-corrected chi connectivity index (χ2v) is 11.4. The SMILES string of the molecule is Cc1ccc(S(=O)(=O)c2cnn(S(=O)(=O)c3ccc(C)cc3)c2-c2cccs2)cc1. The van der Waals surface area contributed by atoms with Crippen molar-refractivity contribution in [3.05, 3.63) is 83.4 Å². The molecule has 30 heavy (non-hydrogen) atoms. The zero-order valence-corrected chi connectivity index (χ0v) is 18.6. The Morgan fingerprint density at radius 2 is 1.37 bits per heavy atom. The van der Waals surface area contributed by atoms with Crippen molar-refractivity contribution < 1.29 is 16.8 Å². The predicted molar refractivity (Wildman–Crippen MR) is 116 cm³/mol. The second-order valence-electron chi connectivity index (χ2n) is 6.81. The number of benzene rings is 2. The molecule has 0 radical (unpaired) electrons. The summed E-state index contributed by atoms with van der Waals surface area (Å²) in [5.74, 6) is 0. The summed E-state index contributed by atoms with van der Waals surface area (Å²) in [5.41, 5.74) is 1.87. The Bertz CT molecular complexity index is 1310. The third-order valence-electron chi connectivity index (χ3n) is 4.63. The summed E-state index contributed by atoms with van der Waals surface area (Å²) in [7, 11) is -8.07. The normalized spacial score (nSPS) is 12.2. The van der Waals surface area contributed by atoms with Crippen LogP contribution in [0.4, 0.5) is 0 Å². The molecule has 0 spiro atoms. The minimum atomic E-state index is -4.09. The van der Waals surface area contributed by atoms with Crippen LogP contribution in [0.25, 0.3) is 10.6 Å². The van der Waals surface area contributed by atoms with E-state index in [1.54, 1.807) is 41.8 Å². The van der Waals surface area contributed by atoms with Crippen LogP contribution in [-0.4, -0.2) is 26.0 Å². The lowest BCUT2D eigenvalue weighted by Gasteiger charge is -2.10. The first kappa shape index (κ1) is 20.5. The van der Waals surface area contributed by atoms with Crippen molar-refractivity contribution in [1.29, 1.82) is 0 Å². The van der Waals surface area contributed by atoms with Crippen LogP contribution in [0.5, 0.6) is 0 Å². The topological polar surface area (TPSA) is 86.1 Å². The molecule has 154 valence electrons.